The van der Waals surface area contributed by atoms with E-state index in [1.54, 1.807) is 0 Å². The Hall–Kier alpha value is -2.04. The molecule has 1 saturated heterocycles. The van der Waals surface area contributed by atoms with E-state index in [1.807, 2.05) is 11.8 Å². The van der Waals surface area contributed by atoms with Gasteiger partial charge >= 0.3 is 0 Å². The Balaban J connectivity index is 1.90. The quantitative estimate of drug-likeness (QED) is 0.541. The van der Waals surface area contributed by atoms with Gasteiger partial charge in [-0.3, -0.25) is 19.8 Å². The molecule has 1 fully saturated rings. The molecule has 1 aliphatic rings. The summed E-state index contributed by atoms with van der Waals surface area (Å²) in [5.74, 6) is -0.258. The molecule has 10 heteroatoms. The number of nitrogens with one attached hydrogen (secondary N) is 1. The third-order valence-electron chi connectivity index (χ3n) is 3.96. The van der Waals surface area contributed by atoms with Crippen LogP contribution in [0.5, 0.6) is 0 Å². The number of nitro groups is 1. The van der Waals surface area contributed by atoms with Gasteiger partial charge in [0.25, 0.3) is 5.69 Å². The molecule has 1 aromatic carbocycles. The van der Waals surface area contributed by atoms with E-state index in [0.29, 0.717) is 38.3 Å². The van der Waals surface area contributed by atoms with Crippen molar-refractivity contribution in [2.24, 2.45) is 0 Å². The molecule has 1 N–H and O–H groups in total. The fourth-order valence-electron chi connectivity index (χ4n) is 2.64. The number of hydrogen-bond acceptors (Lipinski definition) is 6. The molecule has 0 radical (unpaired) electrons. The first-order chi connectivity index (χ1) is 11.8. The monoisotopic (exact) mass is 370 g/mol. The average Bonchev–Trinajstić information content (AvgIpc) is 2.55. The van der Waals surface area contributed by atoms with Crippen molar-refractivity contribution < 1.29 is 18.1 Å². The van der Waals surface area contributed by atoms with Gasteiger partial charge in [0.05, 0.1) is 17.2 Å². The van der Waals surface area contributed by atoms with Crippen molar-refractivity contribution >= 4 is 21.6 Å². The summed E-state index contributed by atoms with van der Waals surface area (Å²) in [6.45, 7) is 4.34. The minimum atomic E-state index is -3.50. The van der Waals surface area contributed by atoms with Gasteiger partial charge in [-0.25, -0.2) is 8.42 Å². The van der Waals surface area contributed by atoms with Crippen molar-refractivity contribution in [1.82, 2.24) is 14.5 Å². The number of nitrogens with zero attached hydrogens (tertiary/aromatic N) is 3. The molecule has 25 heavy (non-hydrogen) atoms. The largest absolute Gasteiger partial charge is 0.355 e. The zero-order valence-electron chi connectivity index (χ0n) is 14.1. The van der Waals surface area contributed by atoms with E-state index in [1.165, 1.54) is 28.6 Å². The topological polar surface area (TPSA) is 113 Å². The number of hydrogen-bond donors (Lipinski definition) is 1. The van der Waals surface area contributed by atoms with Crippen LogP contribution in [0.4, 0.5) is 5.69 Å². The number of benzene rings is 1. The van der Waals surface area contributed by atoms with Gasteiger partial charge in [-0.15, -0.1) is 0 Å². The van der Waals surface area contributed by atoms with E-state index in [4.69, 9.17) is 0 Å². The first-order valence-corrected chi connectivity index (χ1v) is 9.63. The Bertz CT molecular complexity index is 712. The Labute approximate surface area is 146 Å². The molecule has 1 amide bonds. The number of carbonyl (C=O) groups excluding carboxylic acids is 1. The molecule has 138 valence electrons. The Morgan fingerprint density at radius 2 is 1.80 bits per heavy atom. The molecule has 0 aromatic heterocycles. The highest BCUT2D eigenvalue weighted by Gasteiger charge is 2.27. The molecule has 0 atom stereocenters. The van der Waals surface area contributed by atoms with E-state index in [-0.39, 0.29) is 23.9 Å². The maximum absolute atomic E-state index is 12.5. The minimum absolute atomic E-state index is 0.0651. The summed E-state index contributed by atoms with van der Waals surface area (Å²) in [5, 5.41) is 13.4. The lowest BCUT2D eigenvalue weighted by atomic mass is 10.2. The van der Waals surface area contributed by atoms with Crippen molar-refractivity contribution in [3.05, 3.63) is 39.9 Å². The zero-order chi connectivity index (χ0) is 18.4. The molecular formula is C15H22N4O5S. The molecule has 9 nitrogen and oxygen atoms in total. The van der Waals surface area contributed by atoms with Crippen LogP contribution in [0.1, 0.15) is 12.5 Å². The number of amides is 1. The number of piperazine rings is 1. The van der Waals surface area contributed by atoms with E-state index < -0.39 is 14.9 Å². The summed E-state index contributed by atoms with van der Waals surface area (Å²) in [5.41, 5.74) is 0.440. The van der Waals surface area contributed by atoms with Gasteiger partial charge in [-0.1, -0.05) is 12.1 Å². The second-order valence-corrected chi connectivity index (χ2v) is 7.78. The summed E-state index contributed by atoms with van der Waals surface area (Å²) in [6.07, 6.45) is 0. The Morgan fingerprint density at radius 1 is 1.20 bits per heavy atom. The van der Waals surface area contributed by atoms with Gasteiger partial charge in [0, 0.05) is 44.9 Å². The van der Waals surface area contributed by atoms with Gasteiger partial charge in [0.15, 0.2) is 0 Å². The van der Waals surface area contributed by atoms with Gasteiger partial charge in [0.1, 0.15) is 0 Å². The fourth-order valence-corrected chi connectivity index (χ4v) is 4.15. The lowest BCUT2D eigenvalue weighted by molar-refractivity contribution is -0.384. The normalized spacial score (nSPS) is 16.5. The van der Waals surface area contributed by atoms with Gasteiger partial charge in [0.2, 0.25) is 15.9 Å². The summed E-state index contributed by atoms with van der Waals surface area (Å²) < 4.78 is 26.4. The molecule has 0 aliphatic carbocycles. The van der Waals surface area contributed by atoms with Crippen LogP contribution in [-0.2, 0) is 20.6 Å². The molecule has 0 spiro atoms. The van der Waals surface area contributed by atoms with Crippen LogP contribution in [0, 0.1) is 10.1 Å². The van der Waals surface area contributed by atoms with Crippen LogP contribution in [0.15, 0.2) is 24.3 Å². The second-order valence-electron chi connectivity index (χ2n) is 5.81. The van der Waals surface area contributed by atoms with Crippen molar-refractivity contribution in [2.45, 2.75) is 12.7 Å². The van der Waals surface area contributed by atoms with Crippen LogP contribution >= 0.6 is 0 Å². The third-order valence-corrected chi connectivity index (χ3v) is 5.81. The molecule has 1 aliphatic heterocycles. The van der Waals surface area contributed by atoms with E-state index in [2.05, 4.69) is 5.32 Å². The average molecular weight is 370 g/mol. The van der Waals surface area contributed by atoms with Crippen molar-refractivity contribution in [2.75, 3.05) is 39.3 Å². The first-order valence-electron chi connectivity index (χ1n) is 8.02. The Morgan fingerprint density at radius 3 is 2.32 bits per heavy atom. The van der Waals surface area contributed by atoms with Crippen molar-refractivity contribution in [3.63, 3.8) is 0 Å². The highest BCUT2D eigenvalue weighted by atomic mass is 32.2. The molecule has 1 aromatic rings. The fraction of sp³-hybridized carbons (Fsp3) is 0.533. The number of non-ortho nitro benzene ring substituents is 1. The van der Waals surface area contributed by atoms with Crippen LogP contribution in [0.2, 0.25) is 0 Å². The maximum Gasteiger partial charge on any atom is 0.269 e. The highest BCUT2D eigenvalue weighted by Crippen LogP contribution is 2.17. The molecule has 0 saturated carbocycles. The lowest BCUT2D eigenvalue weighted by Crippen LogP contribution is -2.51. The third kappa shape index (κ3) is 5.48. The smallest absolute Gasteiger partial charge is 0.269 e. The number of nitro benzene ring substituents is 1. The predicted octanol–water partition coefficient (Wildman–Crippen LogP) is 0.178. The highest BCUT2D eigenvalue weighted by molar-refractivity contribution is 7.88. The van der Waals surface area contributed by atoms with Crippen LogP contribution in [0.3, 0.4) is 0 Å². The number of carbonyl (C=O) groups is 1. The van der Waals surface area contributed by atoms with Gasteiger partial charge in [-0.05, 0) is 12.5 Å². The predicted molar refractivity (Wildman–Crippen MR) is 92.4 cm³/mol. The maximum atomic E-state index is 12.5. The second kappa shape index (κ2) is 8.37. The van der Waals surface area contributed by atoms with Gasteiger partial charge < -0.3 is 5.32 Å². The van der Waals surface area contributed by atoms with Crippen LogP contribution in [0.25, 0.3) is 0 Å². The molecule has 1 heterocycles. The first kappa shape index (κ1) is 19.3. The van der Waals surface area contributed by atoms with E-state index >= 15 is 0 Å². The lowest BCUT2D eigenvalue weighted by Gasteiger charge is -2.33. The standard InChI is InChI=1S/C15H22N4O5S/c1-2-16-15(20)11-17-7-9-18(10-8-17)25(23,24)12-13-3-5-14(6-4-13)19(21)22/h3-6H,2,7-12H2,1H3,(H,16,20). The summed E-state index contributed by atoms with van der Waals surface area (Å²) in [4.78, 5) is 23.6. The molecular weight excluding hydrogens is 348 g/mol. The Kier molecular flexibility index (Phi) is 6.45. The molecule has 0 bridgehead atoms. The number of rotatable bonds is 7. The molecule has 0 unspecified atom stereocenters. The van der Waals surface area contributed by atoms with Crippen molar-refractivity contribution in [1.29, 1.82) is 0 Å². The van der Waals surface area contributed by atoms with Crippen LogP contribution < -0.4 is 5.32 Å². The van der Waals surface area contributed by atoms with E-state index in [0.717, 1.165) is 0 Å². The van der Waals surface area contributed by atoms with Gasteiger partial charge in [-0.2, -0.15) is 4.31 Å². The minimum Gasteiger partial charge on any atom is -0.355 e. The number of sulfonamides is 1. The summed E-state index contributed by atoms with van der Waals surface area (Å²) >= 11 is 0. The zero-order valence-corrected chi connectivity index (χ0v) is 14.9. The SMILES string of the molecule is CCNC(=O)CN1CCN(S(=O)(=O)Cc2ccc([N+](=O)[O-])cc2)CC1. The summed E-state index contributed by atoms with van der Waals surface area (Å²) in [6, 6.07) is 5.52. The van der Waals surface area contributed by atoms with Crippen LogP contribution in [-0.4, -0.2) is 67.7 Å². The summed E-state index contributed by atoms with van der Waals surface area (Å²) in [7, 11) is -3.50. The van der Waals surface area contributed by atoms with Crippen molar-refractivity contribution in [3.8, 4) is 0 Å². The molecule has 2 rings (SSSR count). The number of likely N-dealkylation sites (N-methyl/N-ethyl adjacent to an activating group) is 1. The van der Waals surface area contributed by atoms with E-state index in [9.17, 15) is 23.3 Å².